The number of hydroxylamine groups is 2. The molecular formula is C17H28N2O2S. The van der Waals surface area contributed by atoms with Crippen LogP contribution < -0.4 is 5.73 Å². The molecule has 0 heterocycles. The van der Waals surface area contributed by atoms with Crippen LogP contribution in [0, 0.1) is 0 Å². The smallest absolute Gasteiger partial charge is 0.233 e. The topological polar surface area (TPSA) is 55.6 Å². The molecule has 0 aliphatic heterocycles. The molecule has 124 valence electrons. The largest absolute Gasteiger partial charge is 0.327 e. The van der Waals surface area contributed by atoms with Gasteiger partial charge in [-0.3, -0.25) is 9.63 Å². The molecule has 1 rings (SSSR count). The van der Waals surface area contributed by atoms with Crippen LogP contribution in [0.3, 0.4) is 0 Å². The Hall–Kier alpha value is -1.04. The monoisotopic (exact) mass is 324 g/mol. The van der Waals surface area contributed by atoms with Crippen LogP contribution in [0.2, 0.25) is 0 Å². The van der Waals surface area contributed by atoms with Crippen LogP contribution in [0.1, 0.15) is 40.0 Å². The van der Waals surface area contributed by atoms with E-state index in [9.17, 15) is 4.79 Å². The maximum Gasteiger partial charge on any atom is 0.233 e. The van der Waals surface area contributed by atoms with Gasteiger partial charge >= 0.3 is 0 Å². The Morgan fingerprint density at radius 3 is 2.55 bits per heavy atom. The van der Waals surface area contributed by atoms with Crippen LogP contribution >= 0.6 is 11.8 Å². The third-order valence-electron chi connectivity index (χ3n) is 2.92. The lowest BCUT2D eigenvalue weighted by molar-refractivity contribution is -0.216. The average Bonchev–Trinajstić information content (AvgIpc) is 2.48. The van der Waals surface area contributed by atoms with Gasteiger partial charge in [0.25, 0.3) is 0 Å². The van der Waals surface area contributed by atoms with Crippen LogP contribution in [-0.4, -0.2) is 35.4 Å². The molecule has 0 fully saturated rings. The van der Waals surface area contributed by atoms with E-state index >= 15 is 0 Å². The predicted octanol–water partition coefficient (Wildman–Crippen LogP) is 3.46. The molecule has 0 saturated carbocycles. The molecule has 5 heteroatoms. The summed E-state index contributed by atoms with van der Waals surface area (Å²) in [6.45, 7) is 6.40. The molecule has 0 aliphatic rings. The van der Waals surface area contributed by atoms with Gasteiger partial charge in [-0.2, -0.15) is 0 Å². The van der Waals surface area contributed by atoms with Gasteiger partial charge < -0.3 is 5.73 Å². The van der Waals surface area contributed by atoms with Gasteiger partial charge in [0.1, 0.15) is 0 Å². The molecule has 2 N–H and O–H groups in total. The highest BCUT2D eigenvalue weighted by atomic mass is 32.2. The molecular weight excluding hydrogens is 296 g/mol. The fraction of sp³-hybridized carbons (Fsp3) is 0.588. The van der Waals surface area contributed by atoms with Gasteiger partial charge in [-0.15, -0.1) is 11.8 Å². The Balaban J connectivity index is 2.14. The molecule has 0 saturated heterocycles. The number of thioether (sulfide) groups is 1. The van der Waals surface area contributed by atoms with E-state index in [-0.39, 0.29) is 11.6 Å². The summed E-state index contributed by atoms with van der Waals surface area (Å²) in [5.74, 6) is 0.917. The molecule has 0 spiro atoms. The molecule has 22 heavy (non-hydrogen) atoms. The number of unbranched alkanes of at least 4 members (excludes halogenated alkanes) is 1. The van der Waals surface area contributed by atoms with E-state index in [4.69, 9.17) is 10.6 Å². The van der Waals surface area contributed by atoms with Gasteiger partial charge in [-0.05, 0) is 45.7 Å². The van der Waals surface area contributed by atoms with E-state index in [0.717, 1.165) is 31.4 Å². The van der Waals surface area contributed by atoms with Gasteiger partial charge in [0.15, 0.2) is 0 Å². The number of hydrogen-bond donors (Lipinski definition) is 1. The second-order valence-corrected chi connectivity index (χ2v) is 7.42. The molecule has 1 aromatic carbocycles. The minimum atomic E-state index is -0.344. The Morgan fingerprint density at radius 2 is 1.95 bits per heavy atom. The van der Waals surface area contributed by atoms with Gasteiger partial charge in [-0.1, -0.05) is 24.6 Å². The normalized spacial score (nSPS) is 12.9. The summed E-state index contributed by atoms with van der Waals surface area (Å²) in [6, 6.07) is 10.5. The zero-order chi connectivity index (χ0) is 16.4. The van der Waals surface area contributed by atoms with Crippen molar-refractivity contribution in [3.8, 4) is 0 Å². The molecule has 4 nitrogen and oxygen atoms in total. The Labute approximate surface area is 138 Å². The number of carbonyl (C=O) groups excluding carboxylic acids is 1. The lowest BCUT2D eigenvalue weighted by atomic mass is 10.1. The first-order chi connectivity index (χ1) is 10.4. The number of rotatable bonds is 10. The Kier molecular flexibility index (Phi) is 8.53. The van der Waals surface area contributed by atoms with Crippen molar-refractivity contribution >= 4 is 18.2 Å². The zero-order valence-corrected chi connectivity index (χ0v) is 14.6. The van der Waals surface area contributed by atoms with Gasteiger partial charge in [-0.25, -0.2) is 5.06 Å². The summed E-state index contributed by atoms with van der Waals surface area (Å²) in [7, 11) is 0. The van der Waals surface area contributed by atoms with Crippen molar-refractivity contribution in [3.05, 3.63) is 30.3 Å². The number of carbonyl (C=O) groups is 1. The van der Waals surface area contributed by atoms with Crippen molar-refractivity contribution in [2.45, 2.75) is 56.6 Å². The highest BCUT2D eigenvalue weighted by Crippen LogP contribution is 2.19. The van der Waals surface area contributed by atoms with Gasteiger partial charge in [0, 0.05) is 23.2 Å². The summed E-state index contributed by atoms with van der Waals surface area (Å²) in [5, 5.41) is 1.38. The number of amides is 1. The first-order valence-corrected chi connectivity index (χ1v) is 8.74. The van der Waals surface area contributed by atoms with Crippen LogP contribution in [0.4, 0.5) is 0 Å². The van der Waals surface area contributed by atoms with Gasteiger partial charge in [0.2, 0.25) is 6.41 Å². The zero-order valence-electron chi connectivity index (χ0n) is 13.8. The Morgan fingerprint density at radius 1 is 1.27 bits per heavy atom. The number of nitrogens with zero attached hydrogens (tertiary/aromatic N) is 1. The first kappa shape index (κ1) is 19.0. The van der Waals surface area contributed by atoms with Crippen molar-refractivity contribution in [2.24, 2.45) is 5.73 Å². The van der Waals surface area contributed by atoms with Gasteiger partial charge in [0.05, 0.1) is 5.60 Å². The minimum Gasteiger partial charge on any atom is -0.327 e. The van der Waals surface area contributed by atoms with Crippen LogP contribution in [0.15, 0.2) is 35.2 Å². The quantitative estimate of drug-likeness (QED) is 0.310. The summed E-state index contributed by atoms with van der Waals surface area (Å²) in [4.78, 5) is 17.7. The summed E-state index contributed by atoms with van der Waals surface area (Å²) >= 11 is 1.79. The maximum absolute atomic E-state index is 10.9. The van der Waals surface area contributed by atoms with E-state index in [2.05, 4.69) is 12.1 Å². The van der Waals surface area contributed by atoms with Crippen molar-refractivity contribution in [1.82, 2.24) is 5.06 Å². The van der Waals surface area contributed by atoms with E-state index in [1.165, 1.54) is 9.96 Å². The fourth-order valence-electron chi connectivity index (χ4n) is 1.95. The molecule has 0 aliphatic carbocycles. The van der Waals surface area contributed by atoms with E-state index in [1.807, 2.05) is 39.0 Å². The highest BCUT2D eigenvalue weighted by molar-refractivity contribution is 7.99. The lowest BCUT2D eigenvalue weighted by Crippen LogP contribution is -2.33. The molecule has 1 aromatic rings. The lowest BCUT2D eigenvalue weighted by Gasteiger charge is -2.26. The maximum atomic E-state index is 10.9. The van der Waals surface area contributed by atoms with E-state index < -0.39 is 0 Å². The van der Waals surface area contributed by atoms with Crippen molar-refractivity contribution < 1.29 is 9.63 Å². The Bertz CT molecular complexity index is 420. The second kappa shape index (κ2) is 9.87. The number of hydrogen-bond acceptors (Lipinski definition) is 4. The van der Waals surface area contributed by atoms with Crippen LogP contribution in [-0.2, 0) is 9.63 Å². The minimum absolute atomic E-state index is 0.179. The molecule has 0 radical (unpaired) electrons. The fourth-order valence-corrected chi connectivity index (χ4v) is 2.87. The highest BCUT2D eigenvalue weighted by Gasteiger charge is 2.15. The van der Waals surface area contributed by atoms with Crippen molar-refractivity contribution in [3.63, 3.8) is 0 Å². The summed E-state index contributed by atoms with van der Waals surface area (Å²) in [5.41, 5.74) is 5.79. The summed E-state index contributed by atoms with van der Waals surface area (Å²) in [6.07, 6.45) is 3.60. The van der Waals surface area contributed by atoms with Crippen molar-refractivity contribution in [2.75, 3.05) is 12.3 Å². The van der Waals surface area contributed by atoms with Crippen LogP contribution in [0.25, 0.3) is 0 Å². The van der Waals surface area contributed by atoms with Crippen molar-refractivity contribution in [1.29, 1.82) is 0 Å². The van der Waals surface area contributed by atoms with E-state index in [0.29, 0.717) is 6.54 Å². The molecule has 0 bridgehead atoms. The molecule has 0 aromatic heterocycles. The third kappa shape index (κ3) is 9.07. The average molecular weight is 324 g/mol. The van der Waals surface area contributed by atoms with E-state index in [1.54, 1.807) is 11.8 Å². The molecule has 1 atom stereocenters. The number of benzene rings is 1. The second-order valence-electron chi connectivity index (χ2n) is 6.33. The predicted molar refractivity (Wildman–Crippen MR) is 92.6 cm³/mol. The molecule has 0 unspecified atom stereocenters. The summed E-state index contributed by atoms with van der Waals surface area (Å²) < 4.78 is 0. The molecule has 1 amide bonds. The third-order valence-corrected chi connectivity index (χ3v) is 4.12. The SMILES string of the molecule is CC(C)(C)ON(C=O)CCCC[C@@H](N)CSc1ccccc1. The number of nitrogens with two attached hydrogens (primary N) is 1. The van der Waals surface area contributed by atoms with Crippen LogP contribution in [0.5, 0.6) is 0 Å². The first-order valence-electron chi connectivity index (χ1n) is 7.75. The standard InChI is InChI=1S/C17H28N2O2S/c1-17(2,3)21-19(14-20)12-8-7-9-15(18)13-22-16-10-5-4-6-11-16/h4-6,10-11,14-15H,7-9,12-13,18H2,1-3H3/t15-/m1/s1.